The highest BCUT2D eigenvalue weighted by Gasteiger charge is 2.12. The molecule has 2 rings (SSSR count). The molecule has 0 aliphatic carbocycles. The Kier molecular flexibility index (Phi) is 3.97. The maximum absolute atomic E-state index is 10.9. The van der Waals surface area contributed by atoms with Gasteiger partial charge in [-0.05, 0) is 18.6 Å². The van der Waals surface area contributed by atoms with E-state index in [1.807, 2.05) is 31.2 Å². The van der Waals surface area contributed by atoms with Crippen molar-refractivity contribution in [1.29, 1.82) is 0 Å². The lowest BCUT2D eigenvalue weighted by Crippen LogP contribution is -2.14. The van der Waals surface area contributed by atoms with Crippen LogP contribution in [0.1, 0.15) is 11.3 Å². The maximum Gasteiger partial charge on any atom is 0.244 e. The van der Waals surface area contributed by atoms with Crippen molar-refractivity contribution < 1.29 is 9.21 Å². The molecule has 2 N–H and O–H groups in total. The van der Waals surface area contributed by atoms with Crippen molar-refractivity contribution in [2.45, 2.75) is 13.3 Å². The van der Waals surface area contributed by atoms with E-state index in [1.165, 1.54) is 0 Å². The molecule has 4 heteroatoms. The van der Waals surface area contributed by atoms with Crippen LogP contribution in [-0.4, -0.2) is 5.91 Å². The summed E-state index contributed by atoms with van der Waals surface area (Å²) in [7, 11) is 0. The van der Waals surface area contributed by atoms with Crippen LogP contribution in [0.5, 0.6) is 0 Å². The number of halogens is 1. The third-order valence-electron chi connectivity index (χ3n) is 2.66. The zero-order valence-corrected chi connectivity index (χ0v) is 10.3. The van der Waals surface area contributed by atoms with Crippen LogP contribution in [0.3, 0.4) is 0 Å². The average Bonchev–Trinajstić information content (AvgIpc) is 2.56. The molecule has 1 aromatic heterocycles. The molecule has 1 amide bonds. The Morgan fingerprint density at radius 3 is 2.65 bits per heavy atom. The zero-order valence-electron chi connectivity index (χ0n) is 9.53. The summed E-state index contributed by atoms with van der Waals surface area (Å²) in [6.07, 6.45) is 0.371. The third kappa shape index (κ3) is 2.50. The van der Waals surface area contributed by atoms with Gasteiger partial charge in [0.25, 0.3) is 0 Å². The standard InChI is InChI=1S/C13H13NO2.ClH/c1-8(13(14)15)7-12-9(2)10-5-3-4-6-11(10)16-12;/h3-6H,1,7H2,2H3,(H2,14,15);1H. The number of benzene rings is 1. The summed E-state index contributed by atoms with van der Waals surface area (Å²) in [5, 5.41) is 1.06. The number of nitrogens with two attached hydrogens (primary N) is 1. The minimum absolute atomic E-state index is 0. The number of furan rings is 1. The molecule has 0 aliphatic rings. The molecule has 0 radical (unpaired) electrons. The number of para-hydroxylation sites is 1. The number of hydrogen-bond acceptors (Lipinski definition) is 2. The molecular weight excluding hydrogens is 238 g/mol. The largest absolute Gasteiger partial charge is 0.460 e. The Hall–Kier alpha value is -1.74. The van der Waals surface area contributed by atoms with Crippen molar-refractivity contribution in [2.24, 2.45) is 5.73 Å². The number of rotatable bonds is 3. The van der Waals surface area contributed by atoms with Gasteiger partial charge in [0, 0.05) is 17.4 Å². The van der Waals surface area contributed by atoms with E-state index in [4.69, 9.17) is 10.2 Å². The van der Waals surface area contributed by atoms with Crippen LogP contribution in [0.4, 0.5) is 0 Å². The molecule has 0 aliphatic heterocycles. The lowest BCUT2D eigenvalue weighted by atomic mass is 10.1. The fourth-order valence-corrected chi connectivity index (χ4v) is 1.67. The molecular formula is C13H14ClNO2. The van der Waals surface area contributed by atoms with Gasteiger partial charge in [-0.1, -0.05) is 24.8 Å². The van der Waals surface area contributed by atoms with Gasteiger partial charge in [0.05, 0.1) is 0 Å². The van der Waals surface area contributed by atoms with Gasteiger partial charge in [0.2, 0.25) is 5.91 Å². The highest BCUT2D eigenvalue weighted by molar-refractivity contribution is 5.92. The monoisotopic (exact) mass is 251 g/mol. The SMILES string of the molecule is C=C(Cc1oc2ccccc2c1C)C(N)=O.Cl. The van der Waals surface area contributed by atoms with Crippen LogP contribution in [-0.2, 0) is 11.2 Å². The van der Waals surface area contributed by atoms with Crippen LogP contribution in [0.15, 0.2) is 40.8 Å². The van der Waals surface area contributed by atoms with Gasteiger partial charge in [0.1, 0.15) is 11.3 Å². The van der Waals surface area contributed by atoms with Gasteiger partial charge in [-0.15, -0.1) is 12.4 Å². The van der Waals surface area contributed by atoms with Crippen molar-refractivity contribution in [3.05, 3.63) is 47.7 Å². The van der Waals surface area contributed by atoms with Crippen molar-refractivity contribution >= 4 is 29.3 Å². The van der Waals surface area contributed by atoms with E-state index >= 15 is 0 Å². The lowest BCUT2D eigenvalue weighted by molar-refractivity contribution is -0.114. The van der Waals surface area contributed by atoms with Crippen molar-refractivity contribution in [1.82, 2.24) is 0 Å². The third-order valence-corrected chi connectivity index (χ3v) is 2.66. The van der Waals surface area contributed by atoms with Gasteiger partial charge >= 0.3 is 0 Å². The van der Waals surface area contributed by atoms with E-state index < -0.39 is 5.91 Å². The minimum Gasteiger partial charge on any atom is -0.460 e. The first-order valence-electron chi connectivity index (χ1n) is 5.04. The molecule has 0 bridgehead atoms. The van der Waals surface area contributed by atoms with Gasteiger partial charge in [-0.3, -0.25) is 4.79 Å². The van der Waals surface area contributed by atoms with Crippen LogP contribution >= 0.6 is 12.4 Å². The van der Waals surface area contributed by atoms with Crippen molar-refractivity contribution in [3.8, 4) is 0 Å². The lowest BCUT2D eigenvalue weighted by Gasteiger charge is -1.98. The summed E-state index contributed by atoms with van der Waals surface area (Å²) in [5.74, 6) is 0.268. The Labute approximate surface area is 106 Å². The normalized spacial score (nSPS) is 9.94. The Morgan fingerprint density at radius 1 is 1.41 bits per heavy atom. The van der Waals surface area contributed by atoms with Gasteiger partial charge < -0.3 is 10.2 Å². The zero-order chi connectivity index (χ0) is 11.7. The van der Waals surface area contributed by atoms with Crippen LogP contribution in [0, 0.1) is 6.92 Å². The number of hydrogen-bond donors (Lipinski definition) is 1. The van der Waals surface area contributed by atoms with E-state index in [0.29, 0.717) is 12.0 Å². The molecule has 0 saturated carbocycles. The number of fused-ring (bicyclic) bond motifs is 1. The summed E-state index contributed by atoms with van der Waals surface area (Å²) < 4.78 is 5.65. The molecule has 0 fully saturated rings. The van der Waals surface area contributed by atoms with Crippen LogP contribution in [0.25, 0.3) is 11.0 Å². The Balaban J connectivity index is 0.00000144. The van der Waals surface area contributed by atoms with Gasteiger partial charge in [-0.2, -0.15) is 0 Å². The average molecular weight is 252 g/mol. The first-order valence-corrected chi connectivity index (χ1v) is 5.04. The molecule has 0 saturated heterocycles. The highest BCUT2D eigenvalue weighted by atomic mass is 35.5. The minimum atomic E-state index is -0.486. The molecule has 0 atom stereocenters. The quantitative estimate of drug-likeness (QED) is 0.853. The number of primary amides is 1. The van der Waals surface area contributed by atoms with E-state index in [9.17, 15) is 4.79 Å². The van der Waals surface area contributed by atoms with Crippen LogP contribution < -0.4 is 5.73 Å². The summed E-state index contributed by atoms with van der Waals surface area (Å²) in [6.45, 7) is 5.59. The molecule has 0 spiro atoms. The number of carbonyl (C=O) groups excluding carboxylic acids is 1. The summed E-state index contributed by atoms with van der Waals surface area (Å²) >= 11 is 0. The molecule has 1 aromatic carbocycles. The molecule has 90 valence electrons. The second kappa shape index (κ2) is 5.06. The smallest absolute Gasteiger partial charge is 0.244 e. The second-order valence-electron chi connectivity index (χ2n) is 3.79. The Morgan fingerprint density at radius 2 is 2.06 bits per heavy atom. The highest BCUT2D eigenvalue weighted by Crippen LogP contribution is 2.26. The Bertz CT molecular complexity index is 572. The number of aryl methyl sites for hydroxylation is 1. The summed E-state index contributed by atoms with van der Waals surface area (Å²) in [5.41, 5.74) is 7.38. The molecule has 0 unspecified atom stereocenters. The second-order valence-corrected chi connectivity index (χ2v) is 3.79. The predicted molar refractivity (Wildman–Crippen MR) is 70.2 cm³/mol. The van der Waals surface area contributed by atoms with E-state index in [0.717, 1.165) is 22.3 Å². The topological polar surface area (TPSA) is 56.2 Å². The van der Waals surface area contributed by atoms with Crippen molar-refractivity contribution in [3.63, 3.8) is 0 Å². The fourth-order valence-electron chi connectivity index (χ4n) is 1.67. The van der Waals surface area contributed by atoms with Crippen LogP contribution in [0.2, 0.25) is 0 Å². The maximum atomic E-state index is 10.9. The summed E-state index contributed by atoms with van der Waals surface area (Å²) in [4.78, 5) is 10.9. The molecule has 3 nitrogen and oxygen atoms in total. The van der Waals surface area contributed by atoms with E-state index in [2.05, 4.69) is 6.58 Å². The van der Waals surface area contributed by atoms with Gasteiger partial charge in [0.15, 0.2) is 0 Å². The van der Waals surface area contributed by atoms with Crippen molar-refractivity contribution in [2.75, 3.05) is 0 Å². The molecule has 1 heterocycles. The molecule has 17 heavy (non-hydrogen) atoms. The number of carbonyl (C=O) groups is 1. The van der Waals surface area contributed by atoms with E-state index in [-0.39, 0.29) is 12.4 Å². The van der Waals surface area contributed by atoms with E-state index in [1.54, 1.807) is 0 Å². The summed E-state index contributed by atoms with van der Waals surface area (Å²) in [6, 6.07) is 7.76. The number of amides is 1. The molecule has 2 aromatic rings. The first kappa shape index (κ1) is 13.3. The fraction of sp³-hybridized carbons (Fsp3) is 0.154. The first-order chi connectivity index (χ1) is 7.59. The predicted octanol–water partition coefficient (Wildman–Crippen LogP) is 2.75. The van der Waals surface area contributed by atoms with Gasteiger partial charge in [-0.25, -0.2) is 0 Å².